The lowest BCUT2D eigenvalue weighted by molar-refractivity contribution is -0.121. The van der Waals surface area contributed by atoms with E-state index in [-0.39, 0.29) is 18.1 Å². The Morgan fingerprint density at radius 3 is 2.73 bits per heavy atom. The normalized spacial score (nSPS) is 9.93. The molecule has 0 bridgehead atoms. The summed E-state index contributed by atoms with van der Waals surface area (Å²) < 4.78 is 2.92. The van der Waals surface area contributed by atoms with Gasteiger partial charge in [0.1, 0.15) is 6.54 Å². The van der Waals surface area contributed by atoms with Crippen molar-refractivity contribution < 1.29 is 4.79 Å². The molecule has 0 unspecified atom stereocenters. The quantitative estimate of drug-likeness (QED) is 0.692. The van der Waals surface area contributed by atoms with Crippen molar-refractivity contribution >= 4 is 5.91 Å². The molecule has 82 valence electrons. The number of amides is 1. The summed E-state index contributed by atoms with van der Waals surface area (Å²) >= 11 is 0. The fraction of sp³-hybridized carbons (Fsp3) is 0.400. The first-order valence-corrected chi connectivity index (χ1v) is 4.82. The summed E-state index contributed by atoms with van der Waals surface area (Å²) in [7, 11) is 0. The van der Waals surface area contributed by atoms with Gasteiger partial charge in [-0.15, -0.1) is 6.58 Å². The van der Waals surface area contributed by atoms with Gasteiger partial charge in [-0.05, 0) is 6.92 Å². The molecule has 0 saturated carbocycles. The second-order valence-electron chi connectivity index (χ2n) is 3.09. The molecule has 5 nitrogen and oxygen atoms in total. The van der Waals surface area contributed by atoms with Crippen molar-refractivity contribution in [3.63, 3.8) is 0 Å². The Labute approximate surface area is 88.0 Å². The molecule has 1 aromatic heterocycles. The summed E-state index contributed by atoms with van der Waals surface area (Å²) in [6.07, 6.45) is 4.88. The fourth-order valence-electron chi connectivity index (χ4n) is 1.21. The average Bonchev–Trinajstić information content (AvgIpc) is 2.57. The van der Waals surface area contributed by atoms with Crippen molar-refractivity contribution in [3.05, 3.63) is 35.5 Å². The largest absolute Gasteiger partial charge is 0.351 e. The lowest BCUT2D eigenvalue weighted by atomic mass is 10.5. The number of nitrogens with one attached hydrogen (secondary N) is 1. The number of carbonyl (C=O) groups is 1. The lowest BCUT2D eigenvalue weighted by Gasteiger charge is -2.02. The Hall–Kier alpha value is -1.78. The van der Waals surface area contributed by atoms with Crippen LogP contribution in [0, 0.1) is 0 Å². The number of carbonyl (C=O) groups excluding carboxylic acids is 1. The predicted octanol–water partition coefficient (Wildman–Crippen LogP) is -0.0281. The van der Waals surface area contributed by atoms with Crippen LogP contribution in [0.25, 0.3) is 0 Å². The van der Waals surface area contributed by atoms with E-state index in [2.05, 4.69) is 11.9 Å². The van der Waals surface area contributed by atoms with Crippen molar-refractivity contribution in [3.8, 4) is 0 Å². The summed E-state index contributed by atoms with van der Waals surface area (Å²) in [5.41, 5.74) is -0.161. The zero-order valence-corrected chi connectivity index (χ0v) is 8.77. The minimum absolute atomic E-state index is 0.0552. The molecule has 0 aliphatic heterocycles. The van der Waals surface area contributed by atoms with Gasteiger partial charge in [0, 0.05) is 25.5 Å². The summed E-state index contributed by atoms with van der Waals surface area (Å²) in [5.74, 6) is -0.189. The summed E-state index contributed by atoms with van der Waals surface area (Å²) in [4.78, 5) is 22.8. The molecular formula is C10H15N3O2. The second-order valence-corrected chi connectivity index (χ2v) is 3.09. The van der Waals surface area contributed by atoms with Gasteiger partial charge in [0.15, 0.2) is 0 Å². The molecule has 1 aromatic rings. The summed E-state index contributed by atoms with van der Waals surface area (Å²) in [6.45, 7) is 6.45. The van der Waals surface area contributed by atoms with Crippen LogP contribution in [0.3, 0.4) is 0 Å². The monoisotopic (exact) mass is 209 g/mol. The highest BCUT2D eigenvalue weighted by atomic mass is 16.2. The van der Waals surface area contributed by atoms with E-state index < -0.39 is 0 Å². The number of imidazole rings is 1. The number of aryl methyl sites for hydroxylation is 1. The van der Waals surface area contributed by atoms with Gasteiger partial charge in [-0.25, -0.2) is 4.79 Å². The minimum Gasteiger partial charge on any atom is -0.351 e. The molecule has 0 radical (unpaired) electrons. The molecule has 0 aromatic carbocycles. The minimum atomic E-state index is -0.189. The van der Waals surface area contributed by atoms with Crippen LogP contribution in [0.5, 0.6) is 0 Å². The average molecular weight is 209 g/mol. The maximum atomic E-state index is 11.5. The van der Waals surface area contributed by atoms with Crippen LogP contribution in [0.15, 0.2) is 29.8 Å². The van der Waals surface area contributed by atoms with Gasteiger partial charge >= 0.3 is 5.69 Å². The fourth-order valence-corrected chi connectivity index (χ4v) is 1.21. The van der Waals surface area contributed by atoms with Crippen molar-refractivity contribution in [2.75, 3.05) is 6.54 Å². The Morgan fingerprint density at radius 2 is 2.20 bits per heavy atom. The van der Waals surface area contributed by atoms with E-state index in [0.29, 0.717) is 13.1 Å². The van der Waals surface area contributed by atoms with Crippen LogP contribution in [0.4, 0.5) is 0 Å². The van der Waals surface area contributed by atoms with Gasteiger partial charge in [-0.1, -0.05) is 6.08 Å². The SMILES string of the molecule is C=CCNC(=O)Cn1ccn(CC)c1=O. The molecule has 1 heterocycles. The van der Waals surface area contributed by atoms with Gasteiger partial charge in [-0.2, -0.15) is 0 Å². The van der Waals surface area contributed by atoms with Gasteiger partial charge in [0.2, 0.25) is 5.91 Å². The van der Waals surface area contributed by atoms with Gasteiger partial charge < -0.3 is 5.32 Å². The highest BCUT2D eigenvalue weighted by Gasteiger charge is 2.05. The zero-order valence-electron chi connectivity index (χ0n) is 8.77. The molecular weight excluding hydrogens is 194 g/mol. The Balaban J connectivity index is 2.64. The van der Waals surface area contributed by atoms with Crippen molar-refractivity contribution in [2.45, 2.75) is 20.0 Å². The second kappa shape index (κ2) is 5.19. The first-order valence-electron chi connectivity index (χ1n) is 4.82. The van der Waals surface area contributed by atoms with Gasteiger partial charge in [0.25, 0.3) is 0 Å². The van der Waals surface area contributed by atoms with Crippen molar-refractivity contribution in [1.82, 2.24) is 14.5 Å². The summed E-state index contributed by atoms with van der Waals surface area (Å²) in [5, 5.41) is 2.61. The van der Waals surface area contributed by atoms with Crippen LogP contribution in [-0.2, 0) is 17.9 Å². The summed E-state index contributed by atoms with van der Waals surface area (Å²) in [6, 6.07) is 0. The highest BCUT2D eigenvalue weighted by Crippen LogP contribution is 1.85. The molecule has 1 N–H and O–H groups in total. The molecule has 15 heavy (non-hydrogen) atoms. The highest BCUT2D eigenvalue weighted by molar-refractivity contribution is 5.75. The molecule has 0 aliphatic carbocycles. The standard InChI is InChI=1S/C10H15N3O2/c1-3-5-11-9(14)8-13-7-6-12(4-2)10(13)15/h3,6-7H,1,4-5,8H2,2H3,(H,11,14). The maximum Gasteiger partial charge on any atom is 0.328 e. The number of aromatic nitrogens is 2. The molecule has 0 atom stereocenters. The van der Waals surface area contributed by atoms with E-state index in [1.54, 1.807) is 23.0 Å². The number of hydrogen-bond donors (Lipinski definition) is 1. The molecule has 5 heteroatoms. The van der Waals surface area contributed by atoms with Crippen LogP contribution < -0.4 is 11.0 Å². The molecule has 0 spiro atoms. The Morgan fingerprint density at radius 1 is 1.53 bits per heavy atom. The first-order chi connectivity index (χ1) is 7.19. The van der Waals surface area contributed by atoms with Gasteiger partial charge in [-0.3, -0.25) is 13.9 Å². The van der Waals surface area contributed by atoms with Gasteiger partial charge in [0.05, 0.1) is 0 Å². The molecule has 0 aliphatic rings. The van der Waals surface area contributed by atoms with E-state index in [4.69, 9.17) is 0 Å². The topological polar surface area (TPSA) is 56.0 Å². The van der Waals surface area contributed by atoms with Crippen LogP contribution in [0.2, 0.25) is 0 Å². The van der Waals surface area contributed by atoms with Crippen molar-refractivity contribution in [1.29, 1.82) is 0 Å². The van der Waals surface area contributed by atoms with E-state index >= 15 is 0 Å². The van der Waals surface area contributed by atoms with Crippen LogP contribution in [-0.4, -0.2) is 21.6 Å². The van der Waals surface area contributed by atoms with E-state index in [1.807, 2.05) is 6.92 Å². The third kappa shape index (κ3) is 2.83. The molecule has 1 rings (SSSR count). The smallest absolute Gasteiger partial charge is 0.328 e. The number of nitrogens with zero attached hydrogens (tertiary/aromatic N) is 2. The van der Waals surface area contributed by atoms with E-state index in [1.165, 1.54) is 4.57 Å². The third-order valence-corrected chi connectivity index (χ3v) is 2.02. The molecule has 1 amide bonds. The number of hydrogen-bond acceptors (Lipinski definition) is 2. The van der Waals surface area contributed by atoms with E-state index in [9.17, 15) is 9.59 Å². The lowest BCUT2D eigenvalue weighted by Crippen LogP contribution is -2.32. The van der Waals surface area contributed by atoms with Crippen molar-refractivity contribution in [2.24, 2.45) is 0 Å². The first kappa shape index (κ1) is 11.3. The number of rotatable bonds is 5. The van der Waals surface area contributed by atoms with E-state index in [0.717, 1.165) is 0 Å². The van der Waals surface area contributed by atoms with Crippen LogP contribution >= 0.6 is 0 Å². The third-order valence-electron chi connectivity index (χ3n) is 2.02. The van der Waals surface area contributed by atoms with Crippen LogP contribution in [0.1, 0.15) is 6.92 Å². The predicted molar refractivity (Wildman–Crippen MR) is 57.6 cm³/mol. The Bertz CT molecular complexity index is 403. The maximum absolute atomic E-state index is 11.5. The molecule has 0 fully saturated rings. The Kier molecular flexibility index (Phi) is 3.91. The zero-order chi connectivity index (χ0) is 11.3. The molecule has 0 saturated heterocycles.